The fraction of sp³-hybridized carbons (Fsp3) is 0.615. The first-order valence-corrected chi connectivity index (χ1v) is 6.76. The molecule has 0 aliphatic rings. The number of imidazole rings is 1. The van der Waals surface area contributed by atoms with Gasteiger partial charge in [-0.05, 0) is 6.42 Å². The van der Waals surface area contributed by atoms with Crippen LogP contribution in [0, 0.1) is 0 Å². The zero-order valence-electron chi connectivity index (χ0n) is 10.9. The Morgan fingerprint density at radius 3 is 2.72 bits per heavy atom. The number of aromatic amines is 1. The molecule has 2 heterocycles. The SMILES string of the molecule is CCCCCCCCc1nc(N)c2[nH]cnc2n1. The predicted molar refractivity (Wildman–Crippen MR) is 73.2 cm³/mol. The van der Waals surface area contributed by atoms with Crippen LogP contribution in [0.15, 0.2) is 6.33 Å². The molecule has 2 aromatic rings. The van der Waals surface area contributed by atoms with Gasteiger partial charge in [-0.1, -0.05) is 39.0 Å². The highest BCUT2D eigenvalue weighted by Gasteiger charge is 2.06. The number of anilines is 1. The highest BCUT2D eigenvalue weighted by molar-refractivity contribution is 5.80. The lowest BCUT2D eigenvalue weighted by Crippen LogP contribution is -2.01. The van der Waals surface area contributed by atoms with Crippen molar-refractivity contribution in [2.24, 2.45) is 0 Å². The van der Waals surface area contributed by atoms with E-state index in [9.17, 15) is 0 Å². The van der Waals surface area contributed by atoms with Gasteiger partial charge in [0.25, 0.3) is 0 Å². The molecular formula is C13H21N5. The molecule has 98 valence electrons. The fourth-order valence-electron chi connectivity index (χ4n) is 2.08. The Bertz CT molecular complexity index is 491. The molecule has 0 aromatic carbocycles. The summed E-state index contributed by atoms with van der Waals surface area (Å²) in [6.07, 6.45) is 10.1. The van der Waals surface area contributed by atoms with E-state index in [1.165, 1.54) is 32.1 Å². The highest BCUT2D eigenvalue weighted by Crippen LogP contribution is 2.14. The van der Waals surface area contributed by atoms with Crippen molar-refractivity contribution in [1.29, 1.82) is 0 Å². The highest BCUT2D eigenvalue weighted by atomic mass is 15.0. The van der Waals surface area contributed by atoms with E-state index >= 15 is 0 Å². The third-order valence-electron chi connectivity index (χ3n) is 3.11. The number of aryl methyl sites for hydroxylation is 1. The van der Waals surface area contributed by atoms with E-state index in [0.717, 1.165) is 24.2 Å². The maximum atomic E-state index is 5.85. The first kappa shape index (κ1) is 12.8. The van der Waals surface area contributed by atoms with Crippen molar-refractivity contribution < 1.29 is 0 Å². The van der Waals surface area contributed by atoms with Crippen LogP contribution in [-0.2, 0) is 6.42 Å². The number of nitrogens with two attached hydrogens (primary N) is 1. The van der Waals surface area contributed by atoms with Crippen LogP contribution in [-0.4, -0.2) is 19.9 Å². The lowest BCUT2D eigenvalue weighted by Gasteiger charge is -2.02. The van der Waals surface area contributed by atoms with Crippen LogP contribution in [0.2, 0.25) is 0 Å². The first-order valence-electron chi connectivity index (χ1n) is 6.76. The summed E-state index contributed by atoms with van der Waals surface area (Å²) in [5.41, 5.74) is 7.26. The monoisotopic (exact) mass is 247 g/mol. The summed E-state index contributed by atoms with van der Waals surface area (Å²) in [7, 11) is 0. The van der Waals surface area contributed by atoms with Gasteiger partial charge in [-0.3, -0.25) is 0 Å². The van der Waals surface area contributed by atoms with Gasteiger partial charge < -0.3 is 10.7 Å². The van der Waals surface area contributed by atoms with Crippen molar-refractivity contribution >= 4 is 17.0 Å². The molecule has 5 heteroatoms. The van der Waals surface area contributed by atoms with Crippen LogP contribution in [0.1, 0.15) is 51.3 Å². The number of aromatic nitrogens is 4. The number of hydrogen-bond donors (Lipinski definition) is 2. The van der Waals surface area contributed by atoms with Crippen molar-refractivity contribution in [3.05, 3.63) is 12.2 Å². The first-order chi connectivity index (χ1) is 8.81. The van der Waals surface area contributed by atoms with E-state index in [4.69, 9.17) is 5.73 Å². The lowest BCUT2D eigenvalue weighted by atomic mass is 10.1. The zero-order valence-corrected chi connectivity index (χ0v) is 10.9. The van der Waals surface area contributed by atoms with E-state index in [0.29, 0.717) is 11.5 Å². The molecule has 0 saturated heterocycles. The molecule has 0 bridgehead atoms. The quantitative estimate of drug-likeness (QED) is 0.737. The number of nitrogens with one attached hydrogen (secondary N) is 1. The molecule has 0 aliphatic carbocycles. The van der Waals surface area contributed by atoms with Crippen LogP contribution in [0.25, 0.3) is 11.2 Å². The Morgan fingerprint density at radius 2 is 1.89 bits per heavy atom. The van der Waals surface area contributed by atoms with E-state index in [1.807, 2.05) is 0 Å². The Kier molecular flexibility index (Phi) is 4.50. The molecule has 0 atom stereocenters. The minimum Gasteiger partial charge on any atom is -0.382 e. The van der Waals surface area contributed by atoms with Crippen LogP contribution in [0.3, 0.4) is 0 Å². The van der Waals surface area contributed by atoms with Gasteiger partial charge in [0.15, 0.2) is 11.5 Å². The Labute approximate surface area is 107 Å². The molecular weight excluding hydrogens is 226 g/mol. The van der Waals surface area contributed by atoms with Gasteiger partial charge in [0.2, 0.25) is 0 Å². The largest absolute Gasteiger partial charge is 0.382 e. The summed E-state index contributed by atoms with van der Waals surface area (Å²) in [5.74, 6) is 1.31. The summed E-state index contributed by atoms with van der Waals surface area (Å²) in [4.78, 5) is 15.8. The lowest BCUT2D eigenvalue weighted by molar-refractivity contribution is 0.601. The van der Waals surface area contributed by atoms with Gasteiger partial charge in [0, 0.05) is 6.42 Å². The molecule has 0 spiro atoms. The maximum Gasteiger partial charge on any atom is 0.183 e. The average Bonchev–Trinajstić information content (AvgIpc) is 2.82. The Hall–Kier alpha value is -1.65. The standard InChI is InChI=1S/C13H21N5/c1-2-3-4-5-6-7-8-10-17-12(14)11-13(18-10)16-9-15-11/h9H,2-8H2,1H3,(H3,14,15,16,17,18). The number of nitrogen functional groups attached to an aromatic ring is 1. The maximum absolute atomic E-state index is 5.85. The molecule has 2 rings (SSSR count). The number of unbranched alkanes of at least 4 members (excludes halogenated alkanes) is 5. The van der Waals surface area contributed by atoms with E-state index < -0.39 is 0 Å². The average molecular weight is 247 g/mol. The molecule has 5 nitrogen and oxygen atoms in total. The topological polar surface area (TPSA) is 80.5 Å². The molecule has 0 saturated carbocycles. The van der Waals surface area contributed by atoms with Crippen molar-refractivity contribution in [3.63, 3.8) is 0 Å². The summed E-state index contributed by atoms with van der Waals surface area (Å²) in [6, 6.07) is 0. The van der Waals surface area contributed by atoms with Gasteiger partial charge in [-0.15, -0.1) is 0 Å². The Balaban J connectivity index is 1.84. The second kappa shape index (κ2) is 6.33. The van der Waals surface area contributed by atoms with Crippen molar-refractivity contribution in [2.75, 3.05) is 5.73 Å². The number of fused-ring (bicyclic) bond motifs is 1. The predicted octanol–water partition coefficient (Wildman–Crippen LogP) is 2.84. The Morgan fingerprint density at radius 1 is 1.11 bits per heavy atom. The van der Waals surface area contributed by atoms with E-state index in [2.05, 4.69) is 26.9 Å². The normalized spacial score (nSPS) is 11.2. The molecule has 0 unspecified atom stereocenters. The van der Waals surface area contributed by atoms with Gasteiger partial charge in [-0.2, -0.15) is 0 Å². The molecule has 18 heavy (non-hydrogen) atoms. The number of rotatable bonds is 7. The third kappa shape index (κ3) is 3.18. The van der Waals surface area contributed by atoms with Gasteiger partial charge in [-0.25, -0.2) is 15.0 Å². The summed E-state index contributed by atoms with van der Waals surface area (Å²) < 4.78 is 0. The van der Waals surface area contributed by atoms with E-state index in [1.54, 1.807) is 6.33 Å². The summed E-state index contributed by atoms with van der Waals surface area (Å²) >= 11 is 0. The second-order valence-corrected chi connectivity index (χ2v) is 4.64. The van der Waals surface area contributed by atoms with Gasteiger partial charge >= 0.3 is 0 Å². The molecule has 2 aromatic heterocycles. The van der Waals surface area contributed by atoms with Crippen LogP contribution < -0.4 is 5.73 Å². The fourth-order valence-corrected chi connectivity index (χ4v) is 2.08. The number of hydrogen-bond acceptors (Lipinski definition) is 4. The third-order valence-corrected chi connectivity index (χ3v) is 3.11. The van der Waals surface area contributed by atoms with Crippen LogP contribution in [0.5, 0.6) is 0 Å². The minimum absolute atomic E-state index is 0.499. The van der Waals surface area contributed by atoms with Gasteiger partial charge in [0.1, 0.15) is 11.3 Å². The van der Waals surface area contributed by atoms with Crippen molar-refractivity contribution in [3.8, 4) is 0 Å². The summed E-state index contributed by atoms with van der Waals surface area (Å²) in [6.45, 7) is 2.23. The molecule has 0 radical (unpaired) electrons. The van der Waals surface area contributed by atoms with Crippen LogP contribution >= 0.6 is 0 Å². The van der Waals surface area contributed by atoms with Crippen LogP contribution in [0.4, 0.5) is 5.82 Å². The van der Waals surface area contributed by atoms with Crippen molar-refractivity contribution in [1.82, 2.24) is 19.9 Å². The number of nitrogens with zero attached hydrogens (tertiary/aromatic N) is 3. The second-order valence-electron chi connectivity index (χ2n) is 4.64. The minimum atomic E-state index is 0.499. The smallest absolute Gasteiger partial charge is 0.183 e. The molecule has 3 N–H and O–H groups in total. The van der Waals surface area contributed by atoms with E-state index in [-0.39, 0.29) is 0 Å². The number of H-pyrrole nitrogens is 1. The van der Waals surface area contributed by atoms with Crippen molar-refractivity contribution in [2.45, 2.75) is 51.9 Å². The molecule has 0 amide bonds. The molecule has 0 aliphatic heterocycles. The molecule has 0 fully saturated rings. The van der Waals surface area contributed by atoms with Gasteiger partial charge in [0.05, 0.1) is 6.33 Å². The summed E-state index contributed by atoms with van der Waals surface area (Å²) in [5, 5.41) is 0. The zero-order chi connectivity index (χ0) is 12.8.